The van der Waals surface area contributed by atoms with Crippen molar-refractivity contribution < 1.29 is 4.79 Å². The molecular weight excluding hydrogens is 308 g/mol. The maximum Gasteiger partial charge on any atom is 0.255 e. The van der Waals surface area contributed by atoms with Crippen molar-refractivity contribution in [3.05, 3.63) is 64.7 Å². The zero-order valence-electron chi connectivity index (χ0n) is 15.5. The summed E-state index contributed by atoms with van der Waals surface area (Å²) in [7, 11) is 0. The number of anilines is 1. The molecule has 1 saturated heterocycles. The van der Waals surface area contributed by atoms with Gasteiger partial charge in [0.1, 0.15) is 0 Å². The fourth-order valence-corrected chi connectivity index (χ4v) is 3.47. The fraction of sp³-hybridized carbons (Fsp3) is 0.409. The summed E-state index contributed by atoms with van der Waals surface area (Å²) in [5.41, 5.74) is 5.24. The van der Waals surface area contributed by atoms with Crippen LogP contribution in [0.4, 0.5) is 5.69 Å². The van der Waals surface area contributed by atoms with E-state index >= 15 is 0 Å². The summed E-state index contributed by atoms with van der Waals surface area (Å²) in [6.45, 7) is 9.79. The first-order valence-corrected chi connectivity index (χ1v) is 9.21. The van der Waals surface area contributed by atoms with Crippen LogP contribution in [0.3, 0.4) is 0 Å². The molecule has 1 aliphatic heterocycles. The molecule has 0 radical (unpaired) electrons. The minimum atomic E-state index is -0.0543. The highest BCUT2D eigenvalue weighted by Crippen LogP contribution is 2.19. The van der Waals surface area contributed by atoms with Crippen molar-refractivity contribution in [1.82, 2.24) is 4.90 Å². The van der Waals surface area contributed by atoms with E-state index in [1.807, 2.05) is 30.3 Å². The van der Waals surface area contributed by atoms with Gasteiger partial charge >= 0.3 is 0 Å². The Kier molecular flexibility index (Phi) is 5.54. The number of nitrogens with one attached hydrogen (secondary N) is 1. The summed E-state index contributed by atoms with van der Waals surface area (Å²) in [5, 5.41) is 2.98. The Morgan fingerprint density at radius 1 is 1.12 bits per heavy atom. The molecule has 3 heteroatoms. The van der Waals surface area contributed by atoms with E-state index in [9.17, 15) is 4.79 Å². The lowest BCUT2D eigenvalue weighted by atomic mass is 9.99. The van der Waals surface area contributed by atoms with Gasteiger partial charge in [0.25, 0.3) is 5.91 Å². The maximum absolute atomic E-state index is 12.4. The molecule has 1 unspecified atom stereocenters. The molecule has 25 heavy (non-hydrogen) atoms. The number of aryl methyl sites for hydroxylation is 2. The Bertz CT molecular complexity index is 736. The molecule has 1 atom stereocenters. The standard InChI is InChI=1S/C22H28N2O/c1-16-5-4-12-24(14-16)15-19-7-9-20(10-8-19)22(25)23-21-11-6-17(2)18(3)13-21/h6-11,13,16H,4-5,12,14-15H2,1-3H3,(H,23,25). The van der Waals surface area contributed by atoms with Gasteiger partial charge in [-0.1, -0.05) is 25.1 Å². The summed E-state index contributed by atoms with van der Waals surface area (Å²) >= 11 is 0. The van der Waals surface area contributed by atoms with Crippen LogP contribution in [0.2, 0.25) is 0 Å². The molecule has 0 aliphatic carbocycles. The molecule has 1 amide bonds. The smallest absolute Gasteiger partial charge is 0.255 e. The summed E-state index contributed by atoms with van der Waals surface area (Å²) in [5.74, 6) is 0.734. The second kappa shape index (κ2) is 7.83. The number of hydrogen-bond donors (Lipinski definition) is 1. The molecule has 0 aromatic heterocycles. The number of hydrogen-bond acceptors (Lipinski definition) is 2. The fourth-order valence-electron chi connectivity index (χ4n) is 3.47. The number of benzene rings is 2. The van der Waals surface area contributed by atoms with Crippen LogP contribution in [0, 0.1) is 19.8 Å². The Labute approximate surface area is 151 Å². The van der Waals surface area contributed by atoms with Crippen molar-refractivity contribution in [3.63, 3.8) is 0 Å². The lowest BCUT2D eigenvalue weighted by Gasteiger charge is -2.30. The molecule has 1 heterocycles. The predicted octanol–water partition coefficient (Wildman–Crippen LogP) is 4.79. The summed E-state index contributed by atoms with van der Waals surface area (Å²) < 4.78 is 0. The molecule has 0 bridgehead atoms. The van der Waals surface area contributed by atoms with E-state index in [1.54, 1.807) is 0 Å². The first-order chi connectivity index (χ1) is 12.0. The highest BCUT2D eigenvalue weighted by atomic mass is 16.1. The normalized spacial score (nSPS) is 18.1. The third kappa shape index (κ3) is 4.70. The summed E-state index contributed by atoms with van der Waals surface area (Å²) in [6, 6.07) is 14.0. The summed E-state index contributed by atoms with van der Waals surface area (Å²) in [4.78, 5) is 14.9. The van der Waals surface area contributed by atoms with E-state index in [2.05, 4.69) is 43.1 Å². The topological polar surface area (TPSA) is 32.3 Å². The molecule has 3 rings (SSSR count). The van der Waals surface area contributed by atoms with Gasteiger partial charge in [-0.2, -0.15) is 0 Å². The molecule has 2 aromatic carbocycles. The number of nitrogens with zero attached hydrogens (tertiary/aromatic N) is 1. The van der Waals surface area contributed by atoms with Crippen LogP contribution >= 0.6 is 0 Å². The monoisotopic (exact) mass is 336 g/mol. The molecule has 1 aliphatic rings. The number of rotatable bonds is 4. The Hall–Kier alpha value is -2.13. The quantitative estimate of drug-likeness (QED) is 0.871. The van der Waals surface area contributed by atoms with Gasteiger partial charge in [0.2, 0.25) is 0 Å². The van der Waals surface area contributed by atoms with Crippen LogP contribution < -0.4 is 5.32 Å². The number of carbonyl (C=O) groups is 1. The van der Waals surface area contributed by atoms with Crippen molar-refractivity contribution in [2.24, 2.45) is 5.92 Å². The van der Waals surface area contributed by atoms with Crippen LogP contribution in [0.1, 0.15) is 46.8 Å². The molecule has 1 fully saturated rings. The largest absolute Gasteiger partial charge is 0.322 e. The molecular formula is C22H28N2O. The van der Waals surface area contributed by atoms with Crippen LogP contribution in [0.25, 0.3) is 0 Å². The first kappa shape index (κ1) is 17.7. The Morgan fingerprint density at radius 3 is 2.56 bits per heavy atom. The second-order valence-electron chi connectivity index (χ2n) is 7.43. The summed E-state index contributed by atoms with van der Waals surface area (Å²) in [6.07, 6.45) is 2.63. The molecule has 132 valence electrons. The first-order valence-electron chi connectivity index (χ1n) is 9.21. The van der Waals surface area contributed by atoms with Gasteiger partial charge in [0.15, 0.2) is 0 Å². The minimum Gasteiger partial charge on any atom is -0.322 e. The van der Waals surface area contributed by atoms with Gasteiger partial charge in [-0.3, -0.25) is 9.69 Å². The van der Waals surface area contributed by atoms with Gasteiger partial charge in [0, 0.05) is 24.3 Å². The van der Waals surface area contributed by atoms with Crippen molar-refractivity contribution >= 4 is 11.6 Å². The molecule has 2 aromatic rings. The minimum absolute atomic E-state index is 0.0543. The zero-order chi connectivity index (χ0) is 17.8. The van der Waals surface area contributed by atoms with Crippen LogP contribution in [-0.2, 0) is 6.54 Å². The van der Waals surface area contributed by atoms with Crippen molar-refractivity contribution in [3.8, 4) is 0 Å². The van der Waals surface area contributed by atoms with Crippen LogP contribution in [0.15, 0.2) is 42.5 Å². The SMILES string of the molecule is Cc1ccc(NC(=O)c2ccc(CN3CCCC(C)C3)cc2)cc1C. The van der Waals surface area contributed by atoms with E-state index in [0.29, 0.717) is 5.56 Å². The molecule has 0 saturated carbocycles. The van der Waals surface area contributed by atoms with E-state index in [0.717, 1.165) is 18.2 Å². The van der Waals surface area contributed by atoms with Gasteiger partial charge < -0.3 is 5.32 Å². The molecule has 3 nitrogen and oxygen atoms in total. The van der Waals surface area contributed by atoms with Crippen LogP contribution in [0.5, 0.6) is 0 Å². The van der Waals surface area contributed by atoms with E-state index in [-0.39, 0.29) is 5.91 Å². The molecule has 1 N–H and O–H groups in total. The second-order valence-corrected chi connectivity index (χ2v) is 7.43. The van der Waals surface area contributed by atoms with E-state index < -0.39 is 0 Å². The number of piperidine rings is 1. The zero-order valence-corrected chi connectivity index (χ0v) is 15.5. The lowest BCUT2D eigenvalue weighted by Crippen LogP contribution is -2.33. The average Bonchev–Trinajstić information content (AvgIpc) is 2.59. The van der Waals surface area contributed by atoms with Crippen molar-refractivity contribution in [1.29, 1.82) is 0 Å². The van der Waals surface area contributed by atoms with E-state index in [1.165, 1.54) is 42.6 Å². The number of carbonyl (C=O) groups excluding carboxylic acids is 1. The molecule has 0 spiro atoms. The van der Waals surface area contributed by atoms with Gasteiger partial charge in [0.05, 0.1) is 0 Å². The third-order valence-corrected chi connectivity index (χ3v) is 5.13. The Balaban J connectivity index is 1.61. The average molecular weight is 336 g/mol. The van der Waals surface area contributed by atoms with Crippen molar-refractivity contribution in [2.45, 2.75) is 40.2 Å². The maximum atomic E-state index is 12.4. The highest BCUT2D eigenvalue weighted by Gasteiger charge is 2.16. The van der Waals surface area contributed by atoms with Gasteiger partial charge in [-0.25, -0.2) is 0 Å². The van der Waals surface area contributed by atoms with Gasteiger partial charge in [-0.05, 0) is 80.1 Å². The number of likely N-dealkylation sites (tertiary alicyclic amines) is 1. The van der Waals surface area contributed by atoms with Crippen molar-refractivity contribution in [2.75, 3.05) is 18.4 Å². The highest BCUT2D eigenvalue weighted by molar-refractivity contribution is 6.04. The Morgan fingerprint density at radius 2 is 1.88 bits per heavy atom. The van der Waals surface area contributed by atoms with Gasteiger partial charge in [-0.15, -0.1) is 0 Å². The van der Waals surface area contributed by atoms with E-state index in [4.69, 9.17) is 0 Å². The lowest BCUT2D eigenvalue weighted by molar-refractivity contribution is 0.102. The van der Waals surface area contributed by atoms with Crippen LogP contribution in [-0.4, -0.2) is 23.9 Å². The predicted molar refractivity (Wildman–Crippen MR) is 104 cm³/mol. The number of amides is 1. The third-order valence-electron chi connectivity index (χ3n) is 5.13.